The largest absolute Gasteiger partial charge is 0.368 e. The number of anilines is 2. The molecule has 1 saturated carbocycles. The van der Waals surface area contributed by atoms with Crippen molar-refractivity contribution in [1.82, 2.24) is 9.97 Å². The maximum atomic E-state index is 10.7. The van der Waals surface area contributed by atoms with Crippen LogP contribution in [0.25, 0.3) is 0 Å². The Morgan fingerprint density at radius 1 is 1.69 bits per heavy atom. The van der Waals surface area contributed by atoms with Gasteiger partial charge in [-0.05, 0) is 25.7 Å². The van der Waals surface area contributed by atoms with Crippen LogP contribution in [-0.4, -0.2) is 20.9 Å². The Kier molecular flexibility index (Phi) is 2.59. The van der Waals surface area contributed by atoms with Crippen molar-refractivity contribution in [3.8, 4) is 0 Å². The summed E-state index contributed by atoms with van der Waals surface area (Å²) in [5.41, 5.74) is 5.27. The van der Waals surface area contributed by atoms with Crippen LogP contribution >= 0.6 is 0 Å². The summed E-state index contributed by atoms with van der Waals surface area (Å²) in [7, 11) is 0. The van der Waals surface area contributed by atoms with Crippen molar-refractivity contribution in [1.29, 1.82) is 0 Å². The SMILES string of the molecule is CC(Nc1nc(N)ncc1[N+](=O)[O-])C1CC1. The first kappa shape index (κ1) is 10.6. The molecule has 1 aliphatic rings. The number of hydrogen-bond donors (Lipinski definition) is 2. The van der Waals surface area contributed by atoms with Crippen molar-refractivity contribution in [3.63, 3.8) is 0 Å². The molecule has 0 radical (unpaired) electrons. The molecule has 1 fully saturated rings. The molecular formula is C9H13N5O2. The van der Waals surface area contributed by atoms with Crippen molar-refractivity contribution in [3.05, 3.63) is 16.3 Å². The molecule has 0 bridgehead atoms. The highest BCUT2D eigenvalue weighted by Crippen LogP contribution is 2.34. The Labute approximate surface area is 92.2 Å². The Hall–Kier alpha value is -1.92. The average molecular weight is 223 g/mol. The molecule has 0 saturated heterocycles. The molecule has 7 nitrogen and oxygen atoms in total. The highest BCUT2D eigenvalue weighted by atomic mass is 16.6. The molecule has 1 aliphatic carbocycles. The molecule has 1 unspecified atom stereocenters. The lowest BCUT2D eigenvalue weighted by Gasteiger charge is -2.13. The molecule has 0 amide bonds. The van der Waals surface area contributed by atoms with E-state index in [4.69, 9.17) is 5.73 Å². The van der Waals surface area contributed by atoms with Gasteiger partial charge in [-0.1, -0.05) is 0 Å². The maximum absolute atomic E-state index is 10.7. The third-order valence-corrected chi connectivity index (χ3v) is 2.68. The summed E-state index contributed by atoms with van der Waals surface area (Å²) in [6, 6.07) is 0.174. The highest BCUT2D eigenvalue weighted by Gasteiger charge is 2.29. The Morgan fingerprint density at radius 3 is 2.94 bits per heavy atom. The second-order valence-electron chi connectivity index (χ2n) is 3.99. The van der Waals surface area contributed by atoms with Gasteiger partial charge in [-0.3, -0.25) is 10.1 Å². The van der Waals surface area contributed by atoms with Crippen LogP contribution in [0.5, 0.6) is 0 Å². The highest BCUT2D eigenvalue weighted by molar-refractivity contribution is 5.56. The number of nitrogens with one attached hydrogen (secondary N) is 1. The predicted molar refractivity (Wildman–Crippen MR) is 58.9 cm³/mol. The minimum Gasteiger partial charge on any atom is -0.368 e. The van der Waals surface area contributed by atoms with E-state index in [1.807, 2.05) is 6.92 Å². The van der Waals surface area contributed by atoms with Crippen molar-refractivity contribution in [2.24, 2.45) is 5.92 Å². The normalized spacial score (nSPS) is 16.8. The number of nitrogens with zero attached hydrogens (tertiary/aromatic N) is 3. The van der Waals surface area contributed by atoms with Crippen molar-refractivity contribution in [2.75, 3.05) is 11.1 Å². The summed E-state index contributed by atoms with van der Waals surface area (Å²) in [6.07, 6.45) is 3.44. The van der Waals surface area contributed by atoms with Gasteiger partial charge in [0.25, 0.3) is 0 Å². The van der Waals surface area contributed by atoms with Gasteiger partial charge in [-0.25, -0.2) is 4.98 Å². The summed E-state index contributed by atoms with van der Waals surface area (Å²) in [4.78, 5) is 17.7. The Bertz CT molecular complexity index is 418. The third kappa shape index (κ3) is 2.18. The predicted octanol–water partition coefficient (Wildman–Crippen LogP) is 1.18. The van der Waals surface area contributed by atoms with Gasteiger partial charge >= 0.3 is 5.69 Å². The smallest absolute Gasteiger partial charge is 0.329 e. The van der Waals surface area contributed by atoms with E-state index < -0.39 is 4.92 Å². The van der Waals surface area contributed by atoms with Crippen LogP contribution in [0.4, 0.5) is 17.5 Å². The summed E-state index contributed by atoms with van der Waals surface area (Å²) in [5, 5.41) is 13.8. The van der Waals surface area contributed by atoms with E-state index in [9.17, 15) is 10.1 Å². The van der Waals surface area contributed by atoms with Crippen LogP contribution in [-0.2, 0) is 0 Å². The van der Waals surface area contributed by atoms with E-state index in [2.05, 4.69) is 15.3 Å². The average Bonchev–Trinajstić information content (AvgIpc) is 2.99. The Morgan fingerprint density at radius 2 is 2.38 bits per heavy atom. The van der Waals surface area contributed by atoms with Crippen molar-refractivity contribution in [2.45, 2.75) is 25.8 Å². The second kappa shape index (κ2) is 3.92. The van der Waals surface area contributed by atoms with E-state index in [1.165, 1.54) is 0 Å². The molecule has 0 spiro atoms. The van der Waals surface area contributed by atoms with Crippen molar-refractivity contribution < 1.29 is 4.92 Å². The number of rotatable bonds is 4. The first-order chi connectivity index (χ1) is 7.58. The molecular weight excluding hydrogens is 210 g/mol. The van der Waals surface area contributed by atoms with Gasteiger partial charge in [0.15, 0.2) is 0 Å². The lowest BCUT2D eigenvalue weighted by Crippen LogP contribution is -2.19. The van der Waals surface area contributed by atoms with Gasteiger partial charge in [-0.15, -0.1) is 0 Å². The molecule has 0 aromatic carbocycles. The first-order valence-corrected chi connectivity index (χ1v) is 5.11. The molecule has 1 aromatic heterocycles. The van der Waals surface area contributed by atoms with Crippen LogP contribution in [0.3, 0.4) is 0 Å². The van der Waals surface area contributed by atoms with Gasteiger partial charge in [-0.2, -0.15) is 4.98 Å². The summed E-state index contributed by atoms with van der Waals surface area (Å²) >= 11 is 0. The quantitative estimate of drug-likeness (QED) is 0.586. The fourth-order valence-corrected chi connectivity index (χ4v) is 1.56. The van der Waals surface area contributed by atoms with Gasteiger partial charge < -0.3 is 11.1 Å². The summed E-state index contributed by atoms with van der Waals surface area (Å²) in [6.45, 7) is 1.99. The van der Waals surface area contributed by atoms with Gasteiger partial charge in [0, 0.05) is 6.04 Å². The molecule has 1 atom stereocenters. The number of aromatic nitrogens is 2. The van der Waals surface area contributed by atoms with Crippen LogP contribution in [0.1, 0.15) is 19.8 Å². The molecule has 1 heterocycles. The van der Waals surface area contributed by atoms with Gasteiger partial charge in [0.1, 0.15) is 6.20 Å². The third-order valence-electron chi connectivity index (χ3n) is 2.68. The lowest BCUT2D eigenvalue weighted by atomic mass is 10.2. The van der Waals surface area contributed by atoms with Crippen LogP contribution in [0.15, 0.2) is 6.20 Å². The molecule has 1 aromatic rings. The molecule has 7 heteroatoms. The minimum atomic E-state index is -0.513. The zero-order valence-corrected chi connectivity index (χ0v) is 8.88. The van der Waals surface area contributed by atoms with Crippen LogP contribution < -0.4 is 11.1 Å². The number of hydrogen-bond acceptors (Lipinski definition) is 6. The molecule has 2 rings (SSSR count). The minimum absolute atomic E-state index is 0.0381. The van der Waals surface area contributed by atoms with E-state index >= 15 is 0 Å². The standard InChI is InChI=1S/C9H13N5O2/c1-5(6-2-3-6)12-8-7(14(15)16)4-11-9(10)13-8/h4-6H,2-3H2,1H3,(H3,10,11,12,13). The monoisotopic (exact) mass is 223 g/mol. The fourth-order valence-electron chi connectivity index (χ4n) is 1.56. The van der Waals surface area contributed by atoms with E-state index in [0.29, 0.717) is 5.92 Å². The maximum Gasteiger partial charge on any atom is 0.329 e. The first-order valence-electron chi connectivity index (χ1n) is 5.11. The van der Waals surface area contributed by atoms with Crippen LogP contribution in [0, 0.1) is 16.0 Å². The lowest BCUT2D eigenvalue weighted by molar-refractivity contribution is -0.384. The number of nitrogens with two attached hydrogens (primary N) is 1. The van der Waals surface area contributed by atoms with E-state index in [1.54, 1.807) is 0 Å². The topological polar surface area (TPSA) is 107 Å². The van der Waals surface area contributed by atoms with Crippen molar-refractivity contribution >= 4 is 17.5 Å². The molecule has 16 heavy (non-hydrogen) atoms. The van der Waals surface area contributed by atoms with Gasteiger partial charge in [0.2, 0.25) is 11.8 Å². The summed E-state index contributed by atoms with van der Waals surface area (Å²) < 4.78 is 0. The molecule has 86 valence electrons. The van der Waals surface area contributed by atoms with Crippen LogP contribution in [0.2, 0.25) is 0 Å². The van der Waals surface area contributed by atoms with E-state index in [-0.39, 0.29) is 23.5 Å². The fraction of sp³-hybridized carbons (Fsp3) is 0.556. The number of nitrogen functional groups attached to an aromatic ring is 1. The summed E-state index contributed by atoms with van der Waals surface area (Å²) in [5.74, 6) is 0.823. The molecule has 0 aliphatic heterocycles. The Balaban J connectivity index is 2.22. The van der Waals surface area contributed by atoms with E-state index in [0.717, 1.165) is 19.0 Å². The molecule has 3 N–H and O–H groups in total. The zero-order valence-electron chi connectivity index (χ0n) is 8.88. The number of nitro groups is 1. The second-order valence-corrected chi connectivity index (χ2v) is 3.99. The van der Waals surface area contributed by atoms with Gasteiger partial charge in [0.05, 0.1) is 4.92 Å². The zero-order chi connectivity index (χ0) is 11.7.